The van der Waals surface area contributed by atoms with Gasteiger partial charge in [0.1, 0.15) is 17.4 Å². The summed E-state index contributed by atoms with van der Waals surface area (Å²) >= 11 is 0. The number of phenolic OH excluding ortho intramolecular Hbond substituents is 1. The standard InChI is InChI=1S/C21H21N7O/c1-28(20-7-2-3-11-22-20)21-23-12-10-18(25-21)24-19-14-16(26-27-19)9-8-15-5-4-6-17(29)13-15/h2-7,10-14,29H,8-9H2,1H3,(H2,23,24,25,26,27). The van der Waals surface area contributed by atoms with Gasteiger partial charge < -0.3 is 10.4 Å². The predicted octanol–water partition coefficient (Wildman–Crippen LogP) is 3.60. The molecule has 0 bridgehead atoms. The van der Waals surface area contributed by atoms with Crippen LogP contribution in [0.25, 0.3) is 0 Å². The van der Waals surface area contributed by atoms with Crippen LogP contribution < -0.4 is 10.2 Å². The maximum atomic E-state index is 9.56. The number of H-pyrrole nitrogens is 1. The lowest BCUT2D eigenvalue weighted by Gasteiger charge is -2.16. The number of nitrogens with zero attached hydrogens (tertiary/aromatic N) is 5. The number of aromatic nitrogens is 5. The Labute approximate surface area is 168 Å². The number of aryl methyl sites for hydroxylation is 2. The van der Waals surface area contributed by atoms with Gasteiger partial charge in [-0.2, -0.15) is 10.1 Å². The lowest BCUT2D eigenvalue weighted by atomic mass is 10.1. The molecule has 0 fully saturated rings. The molecule has 1 aromatic carbocycles. The van der Waals surface area contributed by atoms with Crippen molar-refractivity contribution in [3.05, 3.63) is 78.2 Å². The van der Waals surface area contributed by atoms with E-state index in [0.29, 0.717) is 17.6 Å². The van der Waals surface area contributed by atoms with Crippen molar-refractivity contribution in [3.8, 4) is 5.75 Å². The first kappa shape index (κ1) is 18.4. The molecule has 8 nitrogen and oxygen atoms in total. The molecule has 3 aromatic heterocycles. The molecule has 0 aliphatic carbocycles. The van der Waals surface area contributed by atoms with Gasteiger partial charge in [-0.1, -0.05) is 18.2 Å². The fourth-order valence-electron chi connectivity index (χ4n) is 2.91. The van der Waals surface area contributed by atoms with Crippen molar-refractivity contribution in [2.45, 2.75) is 12.8 Å². The number of pyridine rings is 1. The van der Waals surface area contributed by atoms with E-state index >= 15 is 0 Å². The van der Waals surface area contributed by atoms with Gasteiger partial charge in [0.15, 0.2) is 5.82 Å². The van der Waals surface area contributed by atoms with Gasteiger partial charge in [-0.15, -0.1) is 0 Å². The topological polar surface area (TPSA) is 103 Å². The molecular weight excluding hydrogens is 366 g/mol. The van der Waals surface area contributed by atoms with Crippen LogP contribution >= 0.6 is 0 Å². The summed E-state index contributed by atoms with van der Waals surface area (Å²) in [5.74, 6) is 2.90. The summed E-state index contributed by atoms with van der Waals surface area (Å²) in [6, 6.07) is 16.7. The quantitative estimate of drug-likeness (QED) is 0.445. The summed E-state index contributed by atoms with van der Waals surface area (Å²) in [5, 5.41) is 20.1. The summed E-state index contributed by atoms with van der Waals surface area (Å²) in [4.78, 5) is 15.0. The molecule has 0 aliphatic heterocycles. The van der Waals surface area contributed by atoms with E-state index in [-0.39, 0.29) is 5.75 Å². The van der Waals surface area contributed by atoms with Gasteiger partial charge in [-0.3, -0.25) is 10.00 Å². The highest BCUT2D eigenvalue weighted by molar-refractivity contribution is 5.56. The molecule has 0 atom stereocenters. The van der Waals surface area contributed by atoms with E-state index in [2.05, 4.69) is 30.5 Å². The number of aromatic amines is 1. The Morgan fingerprint density at radius 2 is 1.90 bits per heavy atom. The molecule has 29 heavy (non-hydrogen) atoms. The molecule has 0 radical (unpaired) electrons. The van der Waals surface area contributed by atoms with E-state index < -0.39 is 0 Å². The molecule has 4 aromatic rings. The van der Waals surface area contributed by atoms with Crippen LogP contribution in [-0.2, 0) is 12.8 Å². The Kier molecular flexibility index (Phi) is 5.33. The molecule has 0 saturated heterocycles. The van der Waals surface area contributed by atoms with E-state index in [9.17, 15) is 5.11 Å². The molecule has 8 heteroatoms. The highest BCUT2D eigenvalue weighted by atomic mass is 16.3. The van der Waals surface area contributed by atoms with Gasteiger partial charge in [-0.25, -0.2) is 9.97 Å². The van der Waals surface area contributed by atoms with E-state index in [1.807, 2.05) is 48.3 Å². The molecule has 0 spiro atoms. The van der Waals surface area contributed by atoms with Crippen molar-refractivity contribution in [2.24, 2.45) is 0 Å². The minimum atomic E-state index is 0.282. The van der Waals surface area contributed by atoms with Crippen molar-refractivity contribution in [2.75, 3.05) is 17.3 Å². The number of rotatable bonds is 7. The Morgan fingerprint density at radius 1 is 0.966 bits per heavy atom. The van der Waals surface area contributed by atoms with Gasteiger partial charge in [0.05, 0.1) is 0 Å². The molecule has 0 saturated carbocycles. The number of aromatic hydroxyl groups is 1. The first-order chi connectivity index (χ1) is 14.2. The number of phenols is 1. The van der Waals surface area contributed by atoms with Crippen LogP contribution in [0, 0.1) is 0 Å². The second-order valence-electron chi connectivity index (χ2n) is 6.56. The Hall–Kier alpha value is -3.94. The third-order valence-electron chi connectivity index (χ3n) is 4.42. The predicted molar refractivity (Wildman–Crippen MR) is 112 cm³/mol. The number of hydrogen-bond acceptors (Lipinski definition) is 7. The Morgan fingerprint density at radius 3 is 2.72 bits per heavy atom. The third kappa shape index (κ3) is 4.67. The molecule has 0 aliphatic rings. The highest BCUT2D eigenvalue weighted by Gasteiger charge is 2.10. The highest BCUT2D eigenvalue weighted by Crippen LogP contribution is 2.20. The van der Waals surface area contributed by atoms with Crippen molar-refractivity contribution >= 4 is 23.4 Å². The molecule has 4 rings (SSSR count). The Balaban J connectivity index is 1.41. The SMILES string of the molecule is CN(c1ccccn1)c1nccc(Nc2cc(CCc3cccc(O)c3)[nH]n2)n1. The van der Waals surface area contributed by atoms with Crippen molar-refractivity contribution < 1.29 is 5.11 Å². The van der Waals surface area contributed by atoms with Gasteiger partial charge in [0.2, 0.25) is 5.95 Å². The van der Waals surface area contributed by atoms with Crippen LogP contribution in [0.4, 0.5) is 23.4 Å². The minimum absolute atomic E-state index is 0.282. The number of benzene rings is 1. The fourth-order valence-corrected chi connectivity index (χ4v) is 2.91. The van der Waals surface area contributed by atoms with Crippen molar-refractivity contribution in [1.82, 2.24) is 25.1 Å². The molecule has 0 unspecified atom stereocenters. The second-order valence-corrected chi connectivity index (χ2v) is 6.56. The van der Waals surface area contributed by atoms with E-state index in [4.69, 9.17) is 0 Å². The maximum absolute atomic E-state index is 9.56. The largest absolute Gasteiger partial charge is 0.508 e. The van der Waals surface area contributed by atoms with E-state index in [1.54, 1.807) is 30.6 Å². The number of nitrogens with one attached hydrogen (secondary N) is 2. The third-order valence-corrected chi connectivity index (χ3v) is 4.42. The summed E-state index contributed by atoms with van der Waals surface area (Å²) in [5.41, 5.74) is 2.07. The average molecular weight is 387 g/mol. The first-order valence-electron chi connectivity index (χ1n) is 9.24. The van der Waals surface area contributed by atoms with E-state index in [0.717, 1.165) is 29.9 Å². The van der Waals surface area contributed by atoms with E-state index in [1.165, 1.54) is 0 Å². The zero-order chi connectivity index (χ0) is 20.1. The summed E-state index contributed by atoms with van der Waals surface area (Å²) in [7, 11) is 1.87. The normalized spacial score (nSPS) is 10.7. The van der Waals surface area contributed by atoms with Gasteiger partial charge in [-0.05, 0) is 48.7 Å². The van der Waals surface area contributed by atoms with Crippen LogP contribution in [0.1, 0.15) is 11.3 Å². The number of anilines is 4. The van der Waals surface area contributed by atoms with Crippen LogP contribution in [0.5, 0.6) is 5.75 Å². The van der Waals surface area contributed by atoms with Gasteiger partial charge in [0, 0.05) is 31.2 Å². The van der Waals surface area contributed by atoms with Crippen LogP contribution in [-0.4, -0.2) is 37.3 Å². The molecule has 3 N–H and O–H groups in total. The van der Waals surface area contributed by atoms with Crippen LogP contribution in [0.2, 0.25) is 0 Å². The molecule has 3 heterocycles. The second kappa shape index (κ2) is 8.39. The maximum Gasteiger partial charge on any atom is 0.232 e. The van der Waals surface area contributed by atoms with Crippen LogP contribution in [0.15, 0.2) is 67.0 Å². The number of hydrogen-bond donors (Lipinski definition) is 3. The lowest BCUT2D eigenvalue weighted by molar-refractivity contribution is 0.474. The van der Waals surface area contributed by atoms with Crippen molar-refractivity contribution in [3.63, 3.8) is 0 Å². The zero-order valence-electron chi connectivity index (χ0n) is 15.9. The average Bonchev–Trinajstić information content (AvgIpc) is 3.20. The minimum Gasteiger partial charge on any atom is -0.508 e. The molecule has 0 amide bonds. The van der Waals surface area contributed by atoms with Gasteiger partial charge in [0.25, 0.3) is 0 Å². The fraction of sp³-hybridized carbons (Fsp3) is 0.143. The van der Waals surface area contributed by atoms with Gasteiger partial charge >= 0.3 is 0 Å². The Bertz CT molecular complexity index is 1080. The molecular formula is C21H21N7O. The smallest absolute Gasteiger partial charge is 0.232 e. The van der Waals surface area contributed by atoms with Crippen LogP contribution in [0.3, 0.4) is 0 Å². The summed E-state index contributed by atoms with van der Waals surface area (Å²) in [6.45, 7) is 0. The summed E-state index contributed by atoms with van der Waals surface area (Å²) in [6.07, 6.45) is 5.02. The zero-order valence-corrected chi connectivity index (χ0v) is 15.9. The lowest BCUT2D eigenvalue weighted by Crippen LogP contribution is -2.14. The monoisotopic (exact) mass is 387 g/mol. The first-order valence-corrected chi connectivity index (χ1v) is 9.24. The molecule has 146 valence electrons. The summed E-state index contributed by atoms with van der Waals surface area (Å²) < 4.78 is 0. The van der Waals surface area contributed by atoms with Crippen molar-refractivity contribution in [1.29, 1.82) is 0 Å².